The molecule has 1 unspecified atom stereocenters. The van der Waals surface area contributed by atoms with Gasteiger partial charge in [0.2, 0.25) is 0 Å². The fraction of sp³-hybridized carbons (Fsp3) is 1.00. The van der Waals surface area contributed by atoms with Crippen LogP contribution in [0.3, 0.4) is 0 Å². The Morgan fingerprint density at radius 2 is 1.65 bits per heavy atom. The van der Waals surface area contributed by atoms with Crippen molar-refractivity contribution < 1.29 is 4.74 Å². The minimum atomic E-state index is 0.491. The number of rotatable bonds is 11. The van der Waals surface area contributed by atoms with Gasteiger partial charge in [-0.2, -0.15) is 0 Å². The second kappa shape index (κ2) is 11.5. The lowest BCUT2D eigenvalue weighted by atomic mass is 9.44. The molecule has 4 saturated carbocycles. The van der Waals surface area contributed by atoms with E-state index in [4.69, 9.17) is 10.5 Å². The first kappa shape index (κ1) is 26.9. The van der Waals surface area contributed by atoms with Crippen molar-refractivity contribution in [2.24, 2.45) is 58.0 Å². The van der Waals surface area contributed by atoms with Crippen molar-refractivity contribution in [3.05, 3.63) is 0 Å². The van der Waals surface area contributed by atoms with Gasteiger partial charge in [0, 0.05) is 19.6 Å². The molecule has 34 heavy (non-hydrogen) atoms. The Labute approximate surface area is 212 Å². The van der Waals surface area contributed by atoms with Gasteiger partial charge in [-0.1, -0.05) is 53.9 Å². The Kier molecular flexibility index (Phi) is 9.12. The largest absolute Gasteiger partial charge is 0.377 e. The maximum absolute atomic E-state index is 6.33. The summed E-state index contributed by atoms with van der Waals surface area (Å²) in [5.41, 5.74) is 6.78. The monoisotopic (exact) mass is 474 g/mol. The lowest BCUT2D eigenvalue weighted by molar-refractivity contribution is -0.136. The maximum Gasteiger partial charge on any atom is 0.0594 e. The van der Waals surface area contributed by atoms with E-state index in [0.717, 1.165) is 61.1 Å². The third-order valence-corrected chi connectivity index (χ3v) is 11.8. The van der Waals surface area contributed by atoms with Gasteiger partial charge >= 0.3 is 0 Å². The lowest BCUT2D eigenvalue weighted by Gasteiger charge is -2.61. The molecule has 0 aromatic heterocycles. The summed E-state index contributed by atoms with van der Waals surface area (Å²) in [6.45, 7) is 16.2. The highest BCUT2D eigenvalue weighted by Gasteiger charge is 2.60. The molecule has 3 heteroatoms. The summed E-state index contributed by atoms with van der Waals surface area (Å²) in [6.07, 6.45) is 17.8. The van der Waals surface area contributed by atoms with Gasteiger partial charge in [-0.25, -0.2) is 0 Å². The number of fused-ring (bicyclic) bond motifs is 5. The summed E-state index contributed by atoms with van der Waals surface area (Å²) in [7, 11) is 0. The Balaban J connectivity index is 1.34. The van der Waals surface area contributed by atoms with Crippen molar-refractivity contribution in [3.8, 4) is 0 Å². The molecule has 0 radical (unpaired) electrons. The van der Waals surface area contributed by atoms with Crippen LogP contribution in [-0.2, 0) is 4.74 Å². The first-order valence-corrected chi connectivity index (χ1v) is 15.3. The van der Waals surface area contributed by atoms with Crippen molar-refractivity contribution in [1.82, 2.24) is 5.32 Å². The minimum absolute atomic E-state index is 0.491. The first-order valence-electron chi connectivity index (χ1n) is 15.3. The smallest absolute Gasteiger partial charge is 0.0594 e. The quantitative estimate of drug-likeness (QED) is 0.316. The third-order valence-electron chi connectivity index (χ3n) is 11.8. The van der Waals surface area contributed by atoms with E-state index in [0.29, 0.717) is 23.5 Å². The molecule has 4 fully saturated rings. The molecule has 0 aliphatic heterocycles. The molecule has 0 bridgehead atoms. The summed E-state index contributed by atoms with van der Waals surface area (Å²) in [5.74, 6) is 6.64. The third kappa shape index (κ3) is 5.42. The highest BCUT2D eigenvalue weighted by molar-refractivity contribution is 5.09. The van der Waals surface area contributed by atoms with Gasteiger partial charge in [-0.3, -0.25) is 0 Å². The zero-order chi connectivity index (χ0) is 24.3. The molecule has 4 rings (SSSR count). The molecule has 198 valence electrons. The highest BCUT2D eigenvalue weighted by Crippen LogP contribution is 2.68. The van der Waals surface area contributed by atoms with E-state index in [1.54, 1.807) is 0 Å². The number of nitrogens with two attached hydrogens (primary N) is 1. The fourth-order valence-electron chi connectivity index (χ4n) is 9.92. The van der Waals surface area contributed by atoms with E-state index in [9.17, 15) is 0 Å². The number of nitrogens with one attached hydrogen (secondary N) is 1. The average Bonchev–Trinajstić information content (AvgIpc) is 3.16. The second-order valence-corrected chi connectivity index (χ2v) is 14.0. The van der Waals surface area contributed by atoms with E-state index in [-0.39, 0.29) is 0 Å². The minimum Gasteiger partial charge on any atom is -0.377 e. The molecular formula is C31H58N2O. The number of hydrogen-bond donors (Lipinski definition) is 2. The number of hydrogen-bond acceptors (Lipinski definition) is 3. The van der Waals surface area contributed by atoms with Gasteiger partial charge < -0.3 is 15.8 Å². The summed E-state index contributed by atoms with van der Waals surface area (Å²) in [5, 5.41) is 3.38. The van der Waals surface area contributed by atoms with Gasteiger partial charge in [-0.05, 0) is 110 Å². The first-order chi connectivity index (χ1) is 16.3. The van der Waals surface area contributed by atoms with Crippen LogP contribution in [0.4, 0.5) is 0 Å². The molecular weight excluding hydrogens is 416 g/mol. The van der Waals surface area contributed by atoms with Gasteiger partial charge in [0.25, 0.3) is 0 Å². The SMILES string of the molecule is CC(C)CCCC(C)[C@H]1CC[C@H]2[C@@H]3CC[C@H]4C[C@@H](OCCNCCN)CC[C@]4(C)[C@H]3CC[C@]12C. The summed E-state index contributed by atoms with van der Waals surface area (Å²) >= 11 is 0. The Morgan fingerprint density at radius 1 is 0.882 bits per heavy atom. The zero-order valence-corrected chi connectivity index (χ0v) is 23.4. The summed E-state index contributed by atoms with van der Waals surface area (Å²) in [6, 6.07) is 0. The molecule has 0 spiro atoms. The van der Waals surface area contributed by atoms with E-state index in [1.165, 1.54) is 77.0 Å². The molecule has 0 heterocycles. The zero-order valence-electron chi connectivity index (χ0n) is 23.4. The summed E-state index contributed by atoms with van der Waals surface area (Å²) < 4.78 is 6.33. The maximum atomic E-state index is 6.33. The molecule has 0 amide bonds. The van der Waals surface area contributed by atoms with Crippen molar-refractivity contribution in [2.75, 3.05) is 26.2 Å². The standard InChI is InChI=1S/C31H58N2O/c1-22(2)7-6-8-23(3)27-11-12-28-26-10-9-24-21-25(34-20-19-33-18-17-32)13-15-30(24,4)29(26)14-16-31(27,28)5/h22-29,33H,6-21,32H2,1-5H3/t23?,24-,25-,26-,27+,28-,29-,30-,31+/m0/s1. The number of ether oxygens (including phenoxy) is 1. The average molecular weight is 475 g/mol. The van der Waals surface area contributed by atoms with Crippen molar-refractivity contribution in [1.29, 1.82) is 0 Å². The molecule has 3 nitrogen and oxygen atoms in total. The van der Waals surface area contributed by atoms with E-state index < -0.39 is 0 Å². The van der Waals surface area contributed by atoms with Crippen LogP contribution in [0.2, 0.25) is 0 Å². The van der Waals surface area contributed by atoms with Crippen LogP contribution in [0.5, 0.6) is 0 Å². The van der Waals surface area contributed by atoms with Crippen LogP contribution in [0.1, 0.15) is 112 Å². The van der Waals surface area contributed by atoms with Gasteiger partial charge in [0.05, 0.1) is 12.7 Å². The van der Waals surface area contributed by atoms with Crippen molar-refractivity contribution in [2.45, 2.75) is 118 Å². The van der Waals surface area contributed by atoms with E-state index in [2.05, 4.69) is 39.9 Å². The van der Waals surface area contributed by atoms with Crippen LogP contribution in [0.15, 0.2) is 0 Å². The Bertz CT molecular complexity index is 637. The lowest BCUT2D eigenvalue weighted by Crippen LogP contribution is -2.54. The van der Waals surface area contributed by atoms with Crippen LogP contribution >= 0.6 is 0 Å². The molecule has 9 atom stereocenters. The van der Waals surface area contributed by atoms with Crippen molar-refractivity contribution in [3.63, 3.8) is 0 Å². The predicted molar refractivity (Wildman–Crippen MR) is 145 cm³/mol. The molecule has 0 saturated heterocycles. The molecule has 4 aliphatic rings. The van der Waals surface area contributed by atoms with Crippen LogP contribution in [0.25, 0.3) is 0 Å². The van der Waals surface area contributed by atoms with E-state index in [1.807, 2.05) is 0 Å². The normalized spacial score (nSPS) is 42.8. The highest BCUT2D eigenvalue weighted by atomic mass is 16.5. The van der Waals surface area contributed by atoms with Gasteiger partial charge in [-0.15, -0.1) is 0 Å². The molecule has 4 aliphatic carbocycles. The summed E-state index contributed by atoms with van der Waals surface area (Å²) in [4.78, 5) is 0. The van der Waals surface area contributed by atoms with Crippen LogP contribution in [0, 0.1) is 52.3 Å². The van der Waals surface area contributed by atoms with Crippen LogP contribution in [-0.4, -0.2) is 32.3 Å². The molecule has 3 N–H and O–H groups in total. The fourth-order valence-corrected chi connectivity index (χ4v) is 9.92. The molecule has 0 aromatic rings. The second-order valence-electron chi connectivity index (χ2n) is 14.0. The van der Waals surface area contributed by atoms with Crippen molar-refractivity contribution >= 4 is 0 Å². The van der Waals surface area contributed by atoms with Gasteiger partial charge in [0.1, 0.15) is 0 Å². The Morgan fingerprint density at radius 3 is 2.41 bits per heavy atom. The van der Waals surface area contributed by atoms with Crippen LogP contribution < -0.4 is 11.1 Å². The topological polar surface area (TPSA) is 47.3 Å². The Hall–Kier alpha value is -0.120. The predicted octanol–water partition coefficient (Wildman–Crippen LogP) is 7.04. The van der Waals surface area contributed by atoms with E-state index >= 15 is 0 Å². The molecule has 0 aromatic carbocycles. The van der Waals surface area contributed by atoms with Gasteiger partial charge in [0.15, 0.2) is 0 Å².